The van der Waals surface area contributed by atoms with Crippen LogP contribution in [0.2, 0.25) is 0 Å². The first kappa shape index (κ1) is 16.9. The van der Waals surface area contributed by atoms with Crippen LogP contribution in [0.1, 0.15) is 31.0 Å². The summed E-state index contributed by atoms with van der Waals surface area (Å²) < 4.78 is 15.5. The maximum Gasteiger partial charge on any atom is 0.142 e. The predicted molar refractivity (Wildman–Crippen MR) is 100 cm³/mol. The van der Waals surface area contributed by atoms with E-state index < -0.39 is 0 Å². The molecule has 0 bridgehead atoms. The summed E-state index contributed by atoms with van der Waals surface area (Å²) in [7, 11) is 0. The molecule has 0 fully saturated rings. The third kappa shape index (κ3) is 3.45. The Morgan fingerprint density at radius 2 is 1.68 bits per heavy atom. The molecule has 0 N–H and O–H groups in total. The third-order valence-electron chi connectivity index (χ3n) is 4.16. The topological polar surface area (TPSA) is 22.0 Å². The van der Waals surface area contributed by atoms with Crippen LogP contribution in [-0.4, -0.2) is 10.9 Å². The van der Waals surface area contributed by atoms with Crippen molar-refractivity contribution in [2.24, 2.45) is 0 Å². The van der Waals surface area contributed by atoms with E-state index in [1.165, 1.54) is 18.2 Å². The number of halogens is 1. The number of hydrogen-bond acceptors (Lipinski definition) is 1. The van der Waals surface area contributed by atoms with Crippen molar-refractivity contribution < 1.29 is 9.18 Å². The van der Waals surface area contributed by atoms with Crippen molar-refractivity contribution in [3.8, 4) is 16.8 Å². The van der Waals surface area contributed by atoms with Gasteiger partial charge in [0.15, 0.2) is 0 Å². The maximum atomic E-state index is 13.3. The molecule has 25 heavy (non-hydrogen) atoms. The van der Waals surface area contributed by atoms with E-state index >= 15 is 0 Å². The zero-order chi connectivity index (χ0) is 17.8. The van der Waals surface area contributed by atoms with Gasteiger partial charge in [-0.15, -0.1) is 0 Å². The summed E-state index contributed by atoms with van der Waals surface area (Å²) in [5.74, 6) is -0.0129. The molecule has 3 rings (SSSR count). The highest BCUT2D eigenvalue weighted by Crippen LogP contribution is 2.35. The lowest BCUT2D eigenvalue weighted by Crippen LogP contribution is -2.01. The van der Waals surface area contributed by atoms with Gasteiger partial charge >= 0.3 is 0 Å². The number of benzene rings is 2. The van der Waals surface area contributed by atoms with Crippen LogP contribution < -0.4 is 0 Å². The molecule has 0 aliphatic heterocycles. The first-order valence-corrected chi connectivity index (χ1v) is 8.30. The fourth-order valence-electron chi connectivity index (χ4n) is 3.10. The first-order valence-electron chi connectivity index (χ1n) is 8.30. The minimum Gasteiger partial charge on any atom is -0.319 e. The number of allylic oxidation sites excluding steroid dienone is 1. The average Bonchev–Trinajstić information content (AvgIpc) is 3.01. The molecule has 0 radical (unpaired) electrons. The highest BCUT2D eigenvalue weighted by Gasteiger charge is 2.18. The Balaban J connectivity index is 2.28. The summed E-state index contributed by atoms with van der Waals surface area (Å²) in [4.78, 5) is 10.9. The second-order valence-electron chi connectivity index (χ2n) is 6.20. The van der Waals surface area contributed by atoms with Crippen molar-refractivity contribution in [3.63, 3.8) is 0 Å². The van der Waals surface area contributed by atoms with Crippen LogP contribution in [0.4, 0.5) is 4.39 Å². The molecule has 0 spiro atoms. The number of rotatable bonds is 5. The lowest BCUT2D eigenvalue weighted by atomic mass is 9.98. The van der Waals surface area contributed by atoms with Crippen LogP contribution in [0.3, 0.4) is 0 Å². The number of hydrogen-bond donors (Lipinski definition) is 0. The van der Waals surface area contributed by atoms with E-state index in [0.717, 1.165) is 34.4 Å². The Labute approximate surface area is 147 Å². The molecule has 0 aliphatic rings. The summed E-state index contributed by atoms with van der Waals surface area (Å²) in [6, 6.07) is 16.5. The second-order valence-corrected chi connectivity index (χ2v) is 6.20. The number of carbonyl (C=O) groups excluding carboxylic acids is 1. The van der Waals surface area contributed by atoms with Crippen LogP contribution in [0.15, 0.2) is 66.9 Å². The average molecular weight is 333 g/mol. The van der Waals surface area contributed by atoms with Gasteiger partial charge in [-0.05, 0) is 47.9 Å². The van der Waals surface area contributed by atoms with Crippen molar-refractivity contribution in [2.45, 2.75) is 19.8 Å². The highest BCUT2D eigenvalue weighted by molar-refractivity contribution is 5.83. The SMILES string of the molecule is CC(C)c1c(/C=C/C=O)c(-c2ccc(F)cc2)cn1-c1ccccc1. The van der Waals surface area contributed by atoms with Gasteiger partial charge in [0.05, 0.1) is 0 Å². The third-order valence-corrected chi connectivity index (χ3v) is 4.16. The summed E-state index contributed by atoms with van der Waals surface area (Å²) in [6.45, 7) is 4.25. The second kappa shape index (κ2) is 7.31. The number of nitrogens with zero attached hydrogens (tertiary/aromatic N) is 1. The van der Waals surface area contributed by atoms with Crippen molar-refractivity contribution in [1.82, 2.24) is 4.57 Å². The lowest BCUT2D eigenvalue weighted by molar-refractivity contribution is -0.104. The standard InChI is InChI=1S/C22H20FNO/c1-16(2)22-20(9-6-14-25)21(17-10-12-18(23)13-11-17)15-24(22)19-7-4-3-5-8-19/h3-16H,1-2H3/b9-6+. The van der Waals surface area contributed by atoms with Gasteiger partial charge in [0, 0.05) is 28.7 Å². The van der Waals surface area contributed by atoms with Gasteiger partial charge < -0.3 is 4.57 Å². The van der Waals surface area contributed by atoms with Gasteiger partial charge in [0.25, 0.3) is 0 Å². The van der Waals surface area contributed by atoms with Gasteiger partial charge in [-0.3, -0.25) is 4.79 Å². The monoisotopic (exact) mass is 333 g/mol. The molecule has 0 saturated heterocycles. The number of aldehydes is 1. The highest BCUT2D eigenvalue weighted by atomic mass is 19.1. The Kier molecular flexibility index (Phi) is 4.94. The van der Waals surface area contributed by atoms with E-state index in [-0.39, 0.29) is 11.7 Å². The van der Waals surface area contributed by atoms with E-state index in [2.05, 4.69) is 24.6 Å². The molecule has 2 nitrogen and oxygen atoms in total. The van der Waals surface area contributed by atoms with Gasteiger partial charge in [0.1, 0.15) is 12.1 Å². The first-order chi connectivity index (χ1) is 12.1. The van der Waals surface area contributed by atoms with E-state index in [4.69, 9.17) is 0 Å². The van der Waals surface area contributed by atoms with Crippen LogP contribution in [0.5, 0.6) is 0 Å². The summed E-state index contributed by atoms with van der Waals surface area (Å²) in [6.07, 6.45) is 6.17. The Bertz CT molecular complexity index is 890. The van der Waals surface area contributed by atoms with Crippen LogP contribution in [0.25, 0.3) is 22.9 Å². The number of carbonyl (C=O) groups is 1. The Morgan fingerprint density at radius 1 is 1.00 bits per heavy atom. The molecule has 0 saturated carbocycles. The molecule has 0 atom stereocenters. The van der Waals surface area contributed by atoms with Crippen molar-refractivity contribution >= 4 is 12.4 Å². The number of para-hydroxylation sites is 1. The fraction of sp³-hybridized carbons (Fsp3) is 0.136. The molecule has 3 heteroatoms. The fourth-order valence-corrected chi connectivity index (χ4v) is 3.10. The minimum atomic E-state index is -0.264. The maximum absolute atomic E-state index is 13.3. The van der Waals surface area contributed by atoms with Crippen molar-refractivity contribution in [1.29, 1.82) is 0 Å². The molecule has 0 amide bonds. The molecule has 126 valence electrons. The normalized spacial score (nSPS) is 11.4. The summed E-state index contributed by atoms with van der Waals surface area (Å²) >= 11 is 0. The molecule has 1 aromatic heterocycles. The zero-order valence-corrected chi connectivity index (χ0v) is 14.3. The van der Waals surface area contributed by atoms with Gasteiger partial charge in [0.2, 0.25) is 0 Å². The smallest absolute Gasteiger partial charge is 0.142 e. The molecule has 0 aliphatic carbocycles. The van der Waals surface area contributed by atoms with Crippen LogP contribution >= 0.6 is 0 Å². The molecule has 0 unspecified atom stereocenters. The Hall–Kier alpha value is -2.94. The molecular weight excluding hydrogens is 313 g/mol. The predicted octanol–water partition coefficient (Wildman–Crippen LogP) is 5.62. The molecular formula is C22H20FNO. The number of aromatic nitrogens is 1. The summed E-state index contributed by atoms with van der Waals surface area (Å²) in [5, 5.41) is 0. The summed E-state index contributed by atoms with van der Waals surface area (Å²) in [5.41, 5.74) is 5.05. The van der Waals surface area contributed by atoms with E-state index in [9.17, 15) is 9.18 Å². The van der Waals surface area contributed by atoms with Crippen molar-refractivity contribution in [2.75, 3.05) is 0 Å². The lowest BCUT2D eigenvalue weighted by Gasteiger charge is -2.13. The zero-order valence-electron chi connectivity index (χ0n) is 14.3. The molecule has 1 heterocycles. The quantitative estimate of drug-likeness (QED) is 0.439. The van der Waals surface area contributed by atoms with Crippen LogP contribution in [-0.2, 0) is 4.79 Å². The van der Waals surface area contributed by atoms with E-state index in [1.807, 2.05) is 36.4 Å². The van der Waals surface area contributed by atoms with Gasteiger partial charge in [-0.2, -0.15) is 0 Å². The molecule has 2 aromatic carbocycles. The van der Waals surface area contributed by atoms with Gasteiger partial charge in [-0.25, -0.2) is 4.39 Å². The van der Waals surface area contributed by atoms with Gasteiger partial charge in [-0.1, -0.05) is 44.2 Å². The van der Waals surface area contributed by atoms with E-state index in [1.54, 1.807) is 12.1 Å². The largest absolute Gasteiger partial charge is 0.319 e. The Morgan fingerprint density at radius 3 is 2.28 bits per heavy atom. The molecule has 3 aromatic rings. The van der Waals surface area contributed by atoms with Crippen LogP contribution in [0, 0.1) is 5.82 Å². The van der Waals surface area contributed by atoms with E-state index in [0.29, 0.717) is 0 Å². The van der Waals surface area contributed by atoms with Crippen molar-refractivity contribution in [3.05, 3.63) is 83.9 Å². The minimum absolute atomic E-state index is 0.251.